The van der Waals surface area contributed by atoms with Gasteiger partial charge in [-0.1, -0.05) is 0 Å². The molecule has 2 fully saturated rings. The first-order chi connectivity index (χ1) is 12.3. The summed E-state index contributed by atoms with van der Waals surface area (Å²) < 4.78 is 17.2. The van der Waals surface area contributed by atoms with Crippen LogP contribution >= 0.6 is 0 Å². The smallest absolute Gasteiger partial charge is 0.218 e. The number of aromatic nitrogens is 3. The molecule has 7 nitrogen and oxygen atoms in total. The fraction of sp³-hybridized carbons (Fsp3) is 0.500. The minimum atomic E-state index is -0.115. The van der Waals surface area contributed by atoms with Crippen molar-refractivity contribution in [2.45, 2.75) is 18.6 Å². The Morgan fingerprint density at radius 1 is 1.28 bits per heavy atom. The average Bonchev–Trinajstić information content (AvgIpc) is 3.05. The van der Waals surface area contributed by atoms with Crippen molar-refractivity contribution in [2.24, 2.45) is 5.92 Å². The molecule has 0 unspecified atom stereocenters. The summed E-state index contributed by atoms with van der Waals surface area (Å²) in [5.74, 6) is 1.87. The Morgan fingerprint density at radius 3 is 2.92 bits per heavy atom. The zero-order valence-electron chi connectivity index (χ0n) is 14.3. The van der Waals surface area contributed by atoms with E-state index < -0.39 is 0 Å². The first-order valence-electron chi connectivity index (χ1n) is 8.51. The van der Waals surface area contributed by atoms with Crippen LogP contribution in [0.3, 0.4) is 0 Å². The standard InChI is InChI=1S/C18H22N4O3/c1-23-17-8-16(20-13-21-17)22-11-18(12-22)15(4-7-25-18)10-24-9-14-2-5-19-6-3-14/h2-3,5-6,8,13,15H,4,7,9-12H2,1H3/t15-/m1/s1. The number of pyridine rings is 1. The van der Waals surface area contributed by atoms with E-state index in [2.05, 4.69) is 19.9 Å². The SMILES string of the molecule is COc1cc(N2CC3(C2)OCC[C@@H]3COCc2ccncc2)ncn1. The summed E-state index contributed by atoms with van der Waals surface area (Å²) in [6, 6.07) is 5.82. The Balaban J connectivity index is 1.33. The molecule has 0 bridgehead atoms. The van der Waals surface area contributed by atoms with Crippen molar-refractivity contribution in [3.63, 3.8) is 0 Å². The van der Waals surface area contributed by atoms with Crippen LogP contribution in [-0.4, -0.2) is 54.0 Å². The van der Waals surface area contributed by atoms with Gasteiger partial charge in [-0.25, -0.2) is 9.97 Å². The van der Waals surface area contributed by atoms with Crippen LogP contribution in [0.15, 0.2) is 36.9 Å². The largest absolute Gasteiger partial charge is 0.481 e. The van der Waals surface area contributed by atoms with Crippen molar-refractivity contribution < 1.29 is 14.2 Å². The molecule has 0 aromatic carbocycles. The maximum absolute atomic E-state index is 6.09. The van der Waals surface area contributed by atoms with Crippen LogP contribution < -0.4 is 9.64 Å². The summed E-state index contributed by atoms with van der Waals surface area (Å²) in [5, 5.41) is 0. The Hall–Kier alpha value is -2.25. The molecule has 132 valence electrons. The van der Waals surface area contributed by atoms with Crippen LogP contribution in [0.4, 0.5) is 5.82 Å². The number of nitrogens with zero attached hydrogens (tertiary/aromatic N) is 4. The Labute approximate surface area is 147 Å². The molecule has 0 aliphatic carbocycles. The predicted octanol–water partition coefficient (Wildman–Crippen LogP) is 1.69. The number of hydrogen-bond acceptors (Lipinski definition) is 7. The third-order valence-corrected chi connectivity index (χ3v) is 5.01. The summed E-state index contributed by atoms with van der Waals surface area (Å²) in [5.41, 5.74) is 1.03. The van der Waals surface area contributed by atoms with Gasteiger partial charge in [-0.2, -0.15) is 0 Å². The van der Waals surface area contributed by atoms with Crippen LogP contribution in [0, 0.1) is 5.92 Å². The summed E-state index contributed by atoms with van der Waals surface area (Å²) >= 11 is 0. The van der Waals surface area contributed by atoms with Crippen LogP contribution in [0.25, 0.3) is 0 Å². The van der Waals surface area contributed by atoms with Crippen molar-refractivity contribution in [1.82, 2.24) is 15.0 Å². The van der Waals surface area contributed by atoms with Crippen LogP contribution in [0.5, 0.6) is 5.88 Å². The van der Waals surface area contributed by atoms with E-state index >= 15 is 0 Å². The van der Waals surface area contributed by atoms with Crippen LogP contribution in [0.1, 0.15) is 12.0 Å². The van der Waals surface area contributed by atoms with E-state index in [0.717, 1.165) is 37.5 Å². The van der Waals surface area contributed by atoms with E-state index in [9.17, 15) is 0 Å². The minimum Gasteiger partial charge on any atom is -0.481 e. The molecule has 4 rings (SSSR count). The lowest BCUT2D eigenvalue weighted by Crippen LogP contribution is -2.65. The van der Waals surface area contributed by atoms with Gasteiger partial charge in [0, 0.05) is 31.0 Å². The van der Waals surface area contributed by atoms with Gasteiger partial charge in [-0.3, -0.25) is 4.98 Å². The highest BCUT2D eigenvalue weighted by Crippen LogP contribution is 2.41. The van der Waals surface area contributed by atoms with Gasteiger partial charge >= 0.3 is 0 Å². The molecule has 7 heteroatoms. The molecule has 2 aliphatic rings. The molecule has 2 aromatic rings. The number of anilines is 1. The molecule has 2 saturated heterocycles. The average molecular weight is 342 g/mol. The second-order valence-electron chi connectivity index (χ2n) is 6.54. The van der Waals surface area contributed by atoms with Gasteiger partial charge in [0.2, 0.25) is 5.88 Å². The zero-order valence-corrected chi connectivity index (χ0v) is 14.3. The van der Waals surface area contributed by atoms with Gasteiger partial charge in [-0.15, -0.1) is 0 Å². The first-order valence-corrected chi connectivity index (χ1v) is 8.51. The van der Waals surface area contributed by atoms with E-state index in [1.54, 1.807) is 19.5 Å². The number of rotatable bonds is 6. The highest BCUT2D eigenvalue weighted by atomic mass is 16.5. The first kappa shape index (κ1) is 16.2. The van der Waals surface area contributed by atoms with E-state index in [0.29, 0.717) is 25.0 Å². The highest BCUT2D eigenvalue weighted by molar-refractivity contribution is 5.46. The van der Waals surface area contributed by atoms with Crippen molar-refractivity contribution in [2.75, 3.05) is 38.3 Å². The summed E-state index contributed by atoms with van der Waals surface area (Å²) in [7, 11) is 1.61. The molecule has 1 spiro atoms. The molecule has 4 heterocycles. The monoisotopic (exact) mass is 342 g/mol. The number of ether oxygens (including phenoxy) is 3. The van der Waals surface area contributed by atoms with Gasteiger partial charge in [0.25, 0.3) is 0 Å². The number of hydrogen-bond donors (Lipinski definition) is 0. The molecule has 0 radical (unpaired) electrons. The van der Waals surface area contributed by atoms with Crippen molar-refractivity contribution in [3.05, 3.63) is 42.5 Å². The van der Waals surface area contributed by atoms with E-state index in [-0.39, 0.29) is 5.60 Å². The Morgan fingerprint density at radius 2 is 2.12 bits per heavy atom. The second kappa shape index (κ2) is 6.93. The summed E-state index contributed by atoms with van der Waals surface area (Å²) in [4.78, 5) is 14.6. The minimum absolute atomic E-state index is 0.115. The maximum atomic E-state index is 6.09. The zero-order chi connectivity index (χ0) is 17.1. The maximum Gasteiger partial charge on any atom is 0.218 e. The van der Waals surface area contributed by atoms with Gasteiger partial charge in [0.15, 0.2) is 0 Å². The molecule has 0 N–H and O–H groups in total. The molecule has 0 saturated carbocycles. The van der Waals surface area contributed by atoms with E-state index in [1.165, 1.54) is 6.33 Å². The van der Waals surface area contributed by atoms with Crippen molar-refractivity contribution in [3.8, 4) is 5.88 Å². The van der Waals surface area contributed by atoms with Gasteiger partial charge in [0.05, 0.1) is 33.4 Å². The fourth-order valence-electron chi connectivity index (χ4n) is 3.54. The highest BCUT2D eigenvalue weighted by Gasteiger charge is 2.53. The summed E-state index contributed by atoms with van der Waals surface area (Å²) in [6.45, 7) is 3.78. The third kappa shape index (κ3) is 3.29. The lowest BCUT2D eigenvalue weighted by atomic mass is 9.81. The lowest BCUT2D eigenvalue weighted by molar-refractivity contribution is -0.0654. The lowest BCUT2D eigenvalue weighted by Gasteiger charge is -2.50. The molecular weight excluding hydrogens is 320 g/mol. The molecule has 1 atom stereocenters. The quantitative estimate of drug-likeness (QED) is 0.791. The van der Waals surface area contributed by atoms with E-state index in [4.69, 9.17) is 14.2 Å². The predicted molar refractivity (Wildman–Crippen MR) is 91.5 cm³/mol. The normalized spacial score (nSPS) is 21.3. The molecule has 2 aliphatic heterocycles. The second-order valence-corrected chi connectivity index (χ2v) is 6.54. The molecule has 0 amide bonds. The summed E-state index contributed by atoms with van der Waals surface area (Å²) in [6.07, 6.45) is 6.15. The molecule has 2 aromatic heterocycles. The third-order valence-electron chi connectivity index (χ3n) is 5.01. The Kier molecular flexibility index (Phi) is 4.50. The van der Waals surface area contributed by atoms with Crippen LogP contribution in [0.2, 0.25) is 0 Å². The topological polar surface area (TPSA) is 69.6 Å². The molecular formula is C18H22N4O3. The van der Waals surface area contributed by atoms with Crippen molar-refractivity contribution in [1.29, 1.82) is 0 Å². The molecule has 25 heavy (non-hydrogen) atoms. The van der Waals surface area contributed by atoms with Gasteiger partial charge in [-0.05, 0) is 24.1 Å². The van der Waals surface area contributed by atoms with Gasteiger partial charge in [0.1, 0.15) is 17.7 Å². The number of methoxy groups -OCH3 is 1. The Bertz CT molecular complexity index is 706. The van der Waals surface area contributed by atoms with Crippen molar-refractivity contribution >= 4 is 5.82 Å². The van der Waals surface area contributed by atoms with Gasteiger partial charge < -0.3 is 19.1 Å². The van der Waals surface area contributed by atoms with Crippen LogP contribution in [-0.2, 0) is 16.1 Å². The fourth-order valence-corrected chi connectivity index (χ4v) is 3.54. The van der Waals surface area contributed by atoms with E-state index in [1.807, 2.05) is 18.2 Å².